The average molecular weight is 262 g/mol. The Kier molecular flexibility index (Phi) is 4.56. The van der Waals surface area contributed by atoms with Crippen LogP contribution >= 0.6 is 0 Å². The van der Waals surface area contributed by atoms with Crippen molar-refractivity contribution in [2.24, 2.45) is 5.73 Å². The maximum absolute atomic E-state index is 12.5. The van der Waals surface area contributed by atoms with Crippen molar-refractivity contribution in [3.8, 4) is 0 Å². The van der Waals surface area contributed by atoms with Gasteiger partial charge in [0.25, 0.3) is 5.91 Å². The summed E-state index contributed by atoms with van der Waals surface area (Å²) in [5, 5.41) is 0. The first-order chi connectivity index (χ1) is 9.13. The van der Waals surface area contributed by atoms with Gasteiger partial charge in [0.15, 0.2) is 0 Å². The summed E-state index contributed by atoms with van der Waals surface area (Å²) < 4.78 is 5.50. The van der Waals surface area contributed by atoms with E-state index in [0.717, 1.165) is 24.1 Å². The SMILES string of the molecule is CC(C)N(C(=O)C1CCCO1)c1ccc(CN)cc1. The number of rotatable bonds is 4. The summed E-state index contributed by atoms with van der Waals surface area (Å²) >= 11 is 0. The molecule has 1 aliphatic rings. The molecule has 19 heavy (non-hydrogen) atoms. The predicted octanol–water partition coefficient (Wildman–Crippen LogP) is 2.07. The molecule has 104 valence electrons. The molecule has 1 amide bonds. The first kappa shape index (κ1) is 14.0. The Balaban J connectivity index is 2.20. The minimum atomic E-state index is -0.281. The summed E-state index contributed by atoms with van der Waals surface area (Å²) in [4.78, 5) is 14.3. The van der Waals surface area contributed by atoms with Crippen LogP contribution in [0.5, 0.6) is 0 Å². The molecule has 1 heterocycles. The molecule has 0 spiro atoms. The van der Waals surface area contributed by atoms with Gasteiger partial charge in [0.1, 0.15) is 6.10 Å². The zero-order chi connectivity index (χ0) is 13.8. The molecule has 0 saturated carbocycles. The van der Waals surface area contributed by atoms with Gasteiger partial charge in [-0.25, -0.2) is 0 Å². The highest BCUT2D eigenvalue weighted by Crippen LogP contribution is 2.23. The molecule has 1 aliphatic heterocycles. The van der Waals surface area contributed by atoms with Crippen molar-refractivity contribution in [1.29, 1.82) is 0 Å². The quantitative estimate of drug-likeness (QED) is 0.903. The van der Waals surface area contributed by atoms with E-state index in [0.29, 0.717) is 13.2 Å². The van der Waals surface area contributed by atoms with Gasteiger partial charge < -0.3 is 15.4 Å². The molecule has 1 saturated heterocycles. The van der Waals surface area contributed by atoms with E-state index in [1.807, 2.05) is 43.0 Å². The Bertz CT molecular complexity index is 422. The number of nitrogens with zero attached hydrogens (tertiary/aromatic N) is 1. The van der Waals surface area contributed by atoms with Gasteiger partial charge >= 0.3 is 0 Å². The van der Waals surface area contributed by atoms with Crippen LogP contribution < -0.4 is 10.6 Å². The van der Waals surface area contributed by atoms with Crippen molar-refractivity contribution in [2.45, 2.75) is 45.4 Å². The van der Waals surface area contributed by atoms with Crippen LogP contribution in [0.15, 0.2) is 24.3 Å². The second-order valence-corrected chi connectivity index (χ2v) is 5.17. The van der Waals surface area contributed by atoms with E-state index >= 15 is 0 Å². The molecule has 1 fully saturated rings. The average Bonchev–Trinajstić information content (AvgIpc) is 2.93. The van der Waals surface area contributed by atoms with E-state index in [9.17, 15) is 4.79 Å². The largest absolute Gasteiger partial charge is 0.368 e. The lowest BCUT2D eigenvalue weighted by Gasteiger charge is -2.29. The Morgan fingerprint density at radius 1 is 1.42 bits per heavy atom. The van der Waals surface area contributed by atoms with Crippen LogP contribution in [0.25, 0.3) is 0 Å². The highest BCUT2D eigenvalue weighted by Gasteiger charge is 2.30. The molecular formula is C15H22N2O2. The van der Waals surface area contributed by atoms with Crippen molar-refractivity contribution in [3.63, 3.8) is 0 Å². The van der Waals surface area contributed by atoms with Crippen LogP contribution in [0.4, 0.5) is 5.69 Å². The second kappa shape index (κ2) is 6.17. The van der Waals surface area contributed by atoms with E-state index < -0.39 is 0 Å². The van der Waals surface area contributed by atoms with E-state index in [1.54, 1.807) is 0 Å². The first-order valence-electron chi connectivity index (χ1n) is 6.87. The summed E-state index contributed by atoms with van der Waals surface area (Å²) in [6.07, 6.45) is 1.51. The van der Waals surface area contributed by atoms with E-state index in [1.165, 1.54) is 0 Å². The topological polar surface area (TPSA) is 55.6 Å². The maximum atomic E-state index is 12.5. The highest BCUT2D eigenvalue weighted by atomic mass is 16.5. The third-order valence-electron chi connectivity index (χ3n) is 3.41. The number of nitrogens with two attached hydrogens (primary N) is 1. The maximum Gasteiger partial charge on any atom is 0.256 e. The number of carbonyl (C=O) groups is 1. The summed E-state index contributed by atoms with van der Waals surface area (Å²) in [7, 11) is 0. The number of hydrogen-bond acceptors (Lipinski definition) is 3. The normalized spacial score (nSPS) is 18.8. The molecule has 2 N–H and O–H groups in total. The van der Waals surface area contributed by atoms with Gasteiger partial charge in [0.2, 0.25) is 0 Å². The van der Waals surface area contributed by atoms with Crippen LogP contribution in [-0.4, -0.2) is 24.7 Å². The lowest BCUT2D eigenvalue weighted by Crippen LogP contribution is -2.43. The van der Waals surface area contributed by atoms with Gasteiger partial charge in [0, 0.05) is 24.9 Å². The third-order valence-corrected chi connectivity index (χ3v) is 3.41. The van der Waals surface area contributed by atoms with Gasteiger partial charge in [-0.3, -0.25) is 4.79 Å². The molecule has 2 rings (SSSR count). The van der Waals surface area contributed by atoms with E-state index in [4.69, 9.17) is 10.5 Å². The Morgan fingerprint density at radius 3 is 2.58 bits per heavy atom. The molecule has 4 nitrogen and oxygen atoms in total. The van der Waals surface area contributed by atoms with E-state index in [2.05, 4.69) is 0 Å². The summed E-state index contributed by atoms with van der Waals surface area (Å²) in [6, 6.07) is 7.95. The minimum Gasteiger partial charge on any atom is -0.368 e. The number of ether oxygens (including phenoxy) is 1. The number of amides is 1. The van der Waals surface area contributed by atoms with Crippen LogP contribution in [0.1, 0.15) is 32.3 Å². The fourth-order valence-electron chi connectivity index (χ4n) is 2.40. The predicted molar refractivity (Wildman–Crippen MR) is 75.9 cm³/mol. The van der Waals surface area contributed by atoms with Gasteiger partial charge in [-0.2, -0.15) is 0 Å². The van der Waals surface area contributed by atoms with Crippen LogP contribution in [-0.2, 0) is 16.1 Å². The van der Waals surface area contributed by atoms with Crippen LogP contribution in [0.3, 0.4) is 0 Å². The number of benzene rings is 1. The molecule has 1 unspecified atom stereocenters. The first-order valence-corrected chi connectivity index (χ1v) is 6.87. The van der Waals surface area contributed by atoms with Gasteiger partial charge in [-0.05, 0) is 44.4 Å². The standard InChI is InChI=1S/C15H22N2O2/c1-11(2)17(15(18)14-4-3-9-19-14)13-7-5-12(10-16)6-8-13/h5-8,11,14H,3-4,9-10,16H2,1-2H3. The summed E-state index contributed by atoms with van der Waals surface area (Å²) in [5.74, 6) is 0.0630. The van der Waals surface area contributed by atoms with Gasteiger partial charge in [-0.1, -0.05) is 12.1 Å². The molecule has 0 aliphatic carbocycles. The number of hydrogen-bond donors (Lipinski definition) is 1. The van der Waals surface area contributed by atoms with E-state index in [-0.39, 0.29) is 18.1 Å². The summed E-state index contributed by atoms with van der Waals surface area (Å²) in [6.45, 7) is 5.24. The molecule has 0 aromatic heterocycles. The molecule has 1 aromatic rings. The van der Waals surface area contributed by atoms with Gasteiger partial charge in [-0.15, -0.1) is 0 Å². The molecule has 0 bridgehead atoms. The van der Waals surface area contributed by atoms with Crippen molar-refractivity contribution in [1.82, 2.24) is 0 Å². The Morgan fingerprint density at radius 2 is 2.11 bits per heavy atom. The van der Waals surface area contributed by atoms with Crippen molar-refractivity contribution < 1.29 is 9.53 Å². The highest BCUT2D eigenvalue weighted by molar-refractivity contribution is 5.97. The molecular weight excluding hydrogens is 240 g/mol. The van der Waals surface area contributed by atoms with Crippen LogP contribution in [0.2, 0.25) is 0 Å². The van der Waals surface area contributed by atoms with Crippen LogP contribution in [0, 0.1) is 0 Å². The number of anilines is 1. The molecule has 0 radical (unpaired) electrons. The van der Waals surface area contributed by atoms with Gasteiger partial charge in [0.05, 0.1) is 0 Å². The monoisotopic (exact) mass is 262 g/mol. The minimum absolute atomic E-state index is 0.0630. The lowest BCUT2D eigenvalue weighted by molar-refractivity contribution is -0.127. The fourth-order valence-corrected chi connectivity index (χ4v) is 2.40. The lowest BCUT2D eigenvalue weighted by atomic mass is 10.1. The summed E-state index contributed by atoms with van der Waals surface area (Å²) in [5.41, 5.74) is 7.57. The molecule has 1 atom stereocenters. The molecule has 4 heteroatoms. The van der Waals surface area contributed by atoms with Crippen molar-refractivity contribution in [2.75, 3.05) is 11.5 Å². The number of carbonyl (C=O) groups excluding carboxylic acids is 1. The third kappa shape index (κ3) is 3.14. The second-order valence-electron chi connectivity index (χ2n) is 5.17. The van der Waals surface area contributed by atoms with Crippen molar-refractivity contribution in [3.05, 3.63) is 29.8 Å². The Labute approximate surface area is 114 Å². The van der Waals surface area contributed by atoms with Crippen molar-refractivity contribution >= 4 is 11.6 Å². The smallest absolute Gasteiger partial charge is 0.256 e. The fraction of sp³-hybridized carbons (Fsp3) is 0.533. The zero-order valence-electron chi connectivity index (χ0n) is 11.6. The Hall–Kier alpha value is -1.39. The molecule has 1 aromatic carbocycles. The zero-order valence-corrected chi connectivity index (χ0v) is 11.6.